The molecular formula is C13H25N3. The molecule has 3 heteroatoms. The molecule has 0 aliphatic rings. The fourth-order valence-electron chi connectivity index (χ4n) is 1.87. The minimum absolute atomic E-state index is 0.539. The molecule has 0 bridgehead atoms. The van der Waals surface area contributed by atoms with E-state index in [4.69, 9.17) is 0 Å². The lowest BCUT2D eigenvalue weighted by molar-refractivity contribution is 0.483. The summed E-state index contributed by atoms with van der Waals surface area (Å²) in [5.74, 6) is 1.29. The highest BCUT2D eigenvalue weighted by atomic mass is 15.3. The molecule has 0 radical (unpaired) electrons. The predicted octanol–water partition coefficient (Wildman–Crippen LogP) is 3.39. The van der Waals surface area contributed by atoms with Crippen LogP contribution in [0.4, 0.5) is 5.69 Å². The maximum atomic E-state index is 4.36. The second kappa shape index (κ2) is 5.92. The van der Waals surface area contributed by atoms with Gasteiger partial charge in [0.05, 0.1) is 11.9 Å². The van der Waals surface area contributed by atoms with Crippen LogP contribution < -0.4 is 5.32 Å². The summed E-state index contributed by atoms with van der Waals surface area (Å²) in [5.41, 5.74) is 1.14. The van der Waals surface area contributed by atoms with Crippen molar-refractivity contribution in [3.05, 3.63) is 12.4 Å². The Balaban J connectivity index is 2.57. The largest absolute Gasteiger partial charge is 0.380 e. The van der Waals surface area contributed by atoms with Crippen LogP contribution in [0.5, 0.6) is 0 Å². The Morgan fingerprint density at radius 3 is 2.50 bits per heavy atom. The Morgan fingerprint density at radius 1 is 1.31 bits per heavy atom. The highest BCUT2D eigenvalue weighted by Crippen LogP contribution is 2.14. The van der Waals surface area contributed by atoms with Crippen LogP contribution in [-0.2, 0) is 6.54 Å². The van der Waals surface area contributed by atoms with Crippen molar-refractivity contribution < 1.29 is 0 Å². The van der Waals surface area contributed by atoms with Gasteiger partial charge in [0.2, 0.25) is 0 Å². The Bertz CT molecular complexity index is 302. The van der Waals surface area contributed by atoms with Crippen LogP contribution in [0.15, 0.2) is 12.4 Å². The Kier molecular flexibility index (Phi) is 4.84. The lowest BCUT2D eigenvalue weighted by Gasteiger charge is -2.20. The summed E-state index contributed by atoms with van der Waals surface area (Å²) < 4.78 is 2.01. The third-order valence-electron chi connectivity index (χ3n) is 2.78. The van der Waals surface area contributed by atoms with Crippen LogP contribution in [0.25, 0.3) is 0 Å². The zero-order valence-electron chi connectivity index (χ0n) is 11.2. The van der Waals surface area contributed by atoms with Gasteiger partial charge in [0.1, 0.15) is 0 Å². The van der Waals surface area contributed by atoms with E-state index in [1.807, 2.05) is 10.9 Å². The highest BCUT2D eigenvalue weighted by Gasteiger charge is 2.11. The van der Waals surface area contributed by atoms with E-state index in [1.165, 1.54) is 0 Å². The molecule has 0 aliphatic carbocycles. The molecule has 0 aromatic carbocycles. The van der Waals surface area contributed by atoms with Gasteiger partial charge >= 0.3 is 0 Å². The predicted molar refractivity (Wildman–Crippen MR) is 69.6 cm³/mol. The monoisotopic (exact) mass is 223 g/mol. The number of nitrogens with zero attached hydrogens (tertiary/aromatic N) is 2. The van der Waals surface area contributed by atoms with Crippen molar-refractivity contribution in [3.8, 4) is 0 Å². The van der Waals surface area contributed by atoms with Crippen molar-refractivity contribution in [1.29, 1.82) is 0 Å². The number of hydrogen-bond donors (Lipinski definition) is 1. The van der Waals surface area contributed by atoms with Gasteiger partial charge in [0.25, 0.3) is 0 Å². The molecule has 1 atom stereocenters. The summed E-state index contributed by atoms with van der Waals surface area (Å²) in [4.78, 5) is 0. The van der Waals surface area contributed by atoms with Gasteiger partial charge < -0.3 is 5.32 Å². The van der Waals surface area contributed by atoms with Gasteiger partial charge in [-0.05, 0) is 18.3 Å². The molecule has 1 N–H and O–H groups in total. The van der Waals surface area contributed by atoms with Crippen molar-refractivity contribution in [2.75, 3.05) is 5.32 Å². The molecular weight excluding hydrogens is 198 g/mol. The third-order valence-corrected chi connectivity index (χ3v) is 2.78. The van der Waals surface area contributed by atoms with Gasteiger partial charge in [0.15, 0.2) is 0 Å². The average Bonchev–Trinajstić information content (AvgIpc) is 2.60. The van der Waals surface area contributed by atoms with Crippen molar-refractivity contribution >= 4 is 5.69 Å². The average molecular weight is 223 g/mol. The normalized spacial score (nSPS) is 13.4. The van der Waals surface area contributed by atoms with Gasteiger partial charge in [-0.3, -0.25) is 4.68 Å². The Labute approximate surface area is 99.2 Å². The topological polar surface area (TPSA) is 29.9 Å². The van der Waals surface area contributed by atoms with E-state index in [1.54, 1.807) is 0 Å². The molecule has 0 amide bonds. The molecule has 92 valence electrons. The number of nitrogens with one attached hydrogen (secondary N) is 1. The Morgan fingerprint density at radius 2 is 2.00 bits per heavy atom. The smallest absolute Gasteiger partial charge is 0.0728 e. The quantitative estimate of drug-likeness (QED) is 0.801. The van der Waals surface area contributed by atoms with Crippen LogP contribution in [0.2, 0.25) is 0 Å². The second-order valence-electron chi connectivity index (χ2n) is 5.25. The molecule has 1 rings (SSSR count). The number of aromatic nitrogens is 2. The fourth-order valence-corrected chi connectivity index (χ4v) is 1.87. The van der Waals surface area contributed by atoms with Gasteiger partial charge in [-0.15, -0.1) is 0 Å². The first-order chi connectivity index (χ1) is 7.52. The molecule has 0 spiro atoms. The van der Waals surface area contributed by atoms with E-state index >= 15 is 0 Å². The van der Waals surface area contributed by atoms with Crippen molar-refractivity contribution in [2.24, 2.45) is 11.8 Å². The lowest BCUT2D eigenvalue weighted by atomic mass is 10.0. The lowest BCUT2D eigenvalue weighted by Crippen LogP contribution is -2.24. The van der Waals surface area contributed by atoms with Crippen LogP contribution in [0, 0.1) is 11.8 Å². The molecule has 1 heterocycles. The molecule has 0 saturated carbocycles. The zero-order chi connectivity index (χ0) is 12.1. The molecule has 1 unspecified atom stereocenters. The Hall–Kier alpha value is -0.990. The van der Waals surface area contributed by atoms with Gasteiger partial charge in [-0.2, -0.15) is 5.10 Å². The highest BCUT2D eigenvalue weighted by molar-refractivity contribution is 5.39. The maximum absolute atomic E-state index is 4.36. The standard InChI is InChI=1S/C13H25N3/c1-6-13(11(4)5)15-12-7-14-16(9-12)8-10(2)3/h7,9-11,13,15H,6,8H2,1-5H3. The van der Waals surface area contributed by atoms with Gasteiger partial charge in [-0.1, -0.05) is 34.6 Å². The van der Waals surface area contributed by atoms with E-state index in [2.05, 4.69) is 51.2 Å². The minimum atomic E-state index is 0.539. The second-order valence-corrected chi connectivity index (χ2v) is 5.25. The molecule has 0 saturated heterocycles. The number of anilines is 1. The minimum Gasteiger partial charge on any atom is -0.380 e. The fraction of sp³-hybridized carbons (Fsp3) is 0.769. The maximum Gasteiger partial charge on any atom is 0.0728 e. The first-order valence-electron chi connectivity index (χ1n) is 6.31. The molecule has 0 fully saturated rings. The zero-order valence-corrected chi connectivity index (χ0v) is 11.2. The summed E-state index contributed by atoms with van der Waals surface area (Å²) in [7, 11) is 0. The summed E-state index contributed by atoms with van der Waals surface area (Å²) in [6.07, 6.45) is 5.17. The third kappa shape index (κ3) is 3.87. The van der Waals surface area contributed by atoms with Crippen LogP contribution in [0.1, 0.15) is 41.0 Å². The number of rotatable bonds is 6. The summed E-state index contributed by atoms with van der Waals surface area (Å²) >= 11 is 0. The van der Waals surface area contributed by atoms with Crippen molar-refractivity contribution in [3.63, 3.8) is 0 Å². The SMILES string of the molecule is CCC(Nc1cnn(CC(C)C)c1)C(C)C. The molecule has 1 aromatic rings. The molecule has 16 heavy (non-hydrogen) atoms. The van der Waals surface area contributed by atoms with E-state index in [0.717, 1.165) is 18.7 Å². The van der Waals surface area contributed by atoms with Crippen LogP contribution >= 0.6 is 0 Å². The van der Waals surface area contributed by atoms with E-state index in [0.29, 0.717) is 17.9 Å². The summed E-state index contributed by atoms with van der Waals surface area (Å²) in [6.45, 7) is 12.1. The van der Waals surface area contributed by atoms with Gasteiger partial charge in [0, 0.05) is 18.8 Å². The van der Waals surface area contributed by atoms with Gasteiger partial charge in [-0.25, -0.2) is 0 Å². The van der Waals surface area contributed by atoms with E-state index < -0.39 is 0 Å². The first kappa shape index (κ1) is 13.1. The molecule has 0 aliphatic heterocycles. The molecule has 1 aromatic heterocycles. The first-order valence-corrected chi connectivity index (χ1v) is 6.31. The summed E-state index contributed by atoms with van der Waals surface area (Å²) in [5, 5.41) is 7.90. The number of hydrogen-bond acceptors (Lipinski definition) is 2. The summed E-state index contributed by atoms with van der Waals surface area (Å²) in [6, 6.07) is 0.539. The van der Waals surface area contributed by atoms with Crippen LogP contribution in [0.3, 0.4) is 0 Å². The van der Waals surface area contributed by atoms with E-state index in [9.17, 15) is 0 Å². The van der Waals surface area contributed by atoms with Crippen molar-refractivity contribution in [2.45, 2.75) is 53.6 Å². The molecule has 3 nitrogen and oxygen atoms in total. The van der Waals surface area contributed by atoms with Crippen molar-refractivity contribution in [1.82, 2.24) is 9.78 Å². The van der Waals surface area contributed by atoms with Crippen LogP contribution in [-0.4, -0.2) is 15.8 Å². The van der Waals surface area contributed by atoms with E-state index in [-0.39, 0.29) is 0 Å².